The van der Waals surface area contributed by atoms with E-state index >= 15 is 0 Å². The molecular formula is C84H138O18. The van der Waals surface area contributed by atoms with Gasteiger partial charge in [-0.1, -0.05) is 146 Å². The Kier molecular flexibility index (Phi) is 36.1. The van der Waals surface area contributed by atoms with Crippen molar-refractivity contribution < 1.29 is 86.8 Å². The average molecular weight is 1440 g/mol. The first-order chi connectivity index (χ1) is 47.5. The highest BCUT2D eigenvalue weighted by molar-refractivity contribution is 5.80. The van der Waals surface area contributed by atoms with Crippen LogP contribution in [0.4, 0.5) is 0 Å². The van der Waals surface area contributed by atoms with Crippen LogP contribution in [0.3, 0.4) is 0 Å². The summed E-state index contributed by atoms with van der Waals surface area (Å²) in [5.74, 6) is 2.53. The van der Waals surface area contributed by atoms with Crippen LogP contribution < -0.4 is 0 Å². The normalized spacial score (nSPS) is 24.2. The van der Waals surface area contributed by atoms with E-state index in [0.29, 0.717) is 66.5 Å². The van der Waals surface area contributed by atoms with Gasteiger partial charge in [-0.2, -0.15) is 0 Å². The molecule has 5 aliphatic carbocycles. The summed E-state index contributed by atoms with van der Waals surface area (Å²) >= 11 is 0. The van der Waals surface area contributed by atoms with Gasteiger partial charge in [0, 0.05) is 43.6 Å². The second-order valence-electron chi connectivity index (χ2n) is 34.1. The largest absolute Gasteiger partial charge is 0.508 e. The second-order valence-corrected chi connectivity index (χ2v) is 34.1. The molecule has 14 atom stereocenters. The van der Waals surface area contributed by atoms with E-state index in [0.717, 1.165) is 83.0 Å². The van der Waals surface area contributed by atoms with Crippen LogP contribution in [0.15, 0.2) is 48.5 Å². The van der Waals surface area contributed by atoms with E-state index in [4.69, 9.17) is 53.2 Å². The number of carbonyl (C=O) groups excluding carboxylic acids is 6. The van der Waals surface area contributed by atoms with E-state index in [-0.39, 0.29) is 83.8 Å². The van der Waals surface area contributed by atoms with E-state index in [2.05, 4.69) is 48.5 Å². The van der Waals surface area contributed by atoms with Crippen LogP contribution in [0.1, 0.15) is 304 Å². The van der Waals surface area contributed by atoms with Crippen molar-refractivity contribution in [3.8, 4) is 11.5 Å². The van der Waals surface area contributed by atoms with Crippen LogP contribution in [0.25, 0.3) is 0 Å². The molecule has 18 heteroatoms. The van der Waals surface area contributed by atoms with Gasteiger partial charge in [0.05, 0.1) is 45.5 Å². The van der Waals surface area contributed by atoms with Crippen molar-refractivity contribution in [3.63, 3.8) is 0 Å². The van der Waals surface area contributed by atoms with Gasteiger partial charge in [-0.3, -0.25) is 33.6 Å². The van der Waals surface area contributed by atoms with Crippen molar-refractivity contribution in [1.29, 1.82) is 0 Å². The topological polar surface area (TPSA) is 254 Å². The summed E-state index contributed by atoms with van der Waals surface area (Å²) in [7, 11) is 1.57. The SMILES string of the molecule is CCC(C)(C)C(=O)O.CCC(C)(C)C(=O)OC(CC(C)(C)C)OC.CCC(C)(C)C(=O)OC1C2CC3C(=O)OC1C3C2.CCC(C)(C)C(=O)OC1C2CC3C(=O)OC1C3C2.CCC(C)c1ccc(O)cc1.CCC(C)c1ccc(O)cc1.CCC(OCCC1CCCCC1)OC(=O)C(C)(C)CC. The molecular weight excluding hydrogens is 1300 g/mol. The van der Waals surface area contributed by atoms with Gasteiger partial charge in [-0.05, 0) is 205 Å². The molecule has 2 aliphatic heterocycles. The van der Waals surface area contributed by atoms with Crippen molar-refractivity contribution in [2.45, 2.75) is 330 Å². The zero-order chi connectivity index (χ0) is 77.5. The molecule has 0 amide bonds. The van der Waals surface area contributed by atoms with E-state index in [1.165, 1.54) is 43.2 Å². The van der Waals surface area contributed by atoms with Gasteiger partial charge in [-0.25, -0.2) is 0 Å². The third-order valence-corrected chi connectivity index (χ3v) is 23.1. The van der Waals surface area contributed by atoms with E-state index in [9.17, 15) is 33.6 Å². The predicted octanol–water partition coefficient (Wildman–Crippen LogP) is 19.2. The Morgan fingerprint density at radius 3 is 1.15 bits per heavy atom. The number of methoxy groups -OCH3 is 1. The van der Waals surface area contributed by atoms with Crippen LogP contribution in [0.2, 0.25) is 0 Å². The molecule has 7 fully saturated rings. The van der Waals surface area contributed by atoms with E-state index in [1.54, 1.807) is 45.2 Å². The number of phenolic OH excluding ortho intramolecular Hbond substituents is 2. The lowest BCUT2D eigenvalue weighted by atomic mass is 9.87. The summed E-state index contributed by atoms with van der Waals surface area (Å²) in [5.41, 5.74) is 0.371. The number of benzene rings is 2. The number of ether oxygens (including phenoxy) is 8. The fourth-order valence-corrected chi connectivity index (χ4v) is 12.8. The highest BCUT2D eigenvalue weighted by Crippen LogP contribution is 2.57. The lowest BCUT2D eigenvalue weighted by Crippen LogP contribution is -2.39. The number of carbonyl (C=O) groups is 7. The number of aromatic hydroxyl groups is 2. The van der Waals surface area contributed by atoms with Crippen LogP contribution >= 0.6 is 0 Å². The molecule has 2 heterocycles. The number of esters is 6. The van der Waals surface area contributed by atoms with Gasteiger partial charge in [0.25, 0.3) is 0 Å². The Morgan fingerprint density at radius 2 is 0.843 bits per heavy atom. The van der Waals surface area contributed by atoms with Gasteiger partial charge in [0.2, 0.25) is 12.6 Å². The first-order valence-corrected chi connectivity index (χ1v) is 38.7. The first kappa shape index (κ1) is 90.5. The second kappa shape index (κ2) is 40.7. The molecule has 102 heavy (non-hydrogen) atoms. The summed E-state index contributed by atoms with van der Waals surface area (Å²) in [4.78, 5) is 81.6. The smallest absolute Gasteiger partial charge is 0.313 e. The number of carboxylic acids is 1. The lowest BCUT2D eigenvalue weighted by Gasteiger charge is -2.29. The van der Waals surface area contributed by atoms with Crippen molar-refractivity contribution >= 4 is 41.8 Å². The Balaban J connectivity index is 0.000000315. The minimum atomic E-state index is -0.722. The summed E-state index contributed by atoms with van der Waals surface area (Å²) in [5, 5.41) is 26.5. The number of hydrogen-bond donors (Lipinski definition) is 3. The van der Waals surface area contributed by atoms with Gasteiger partial charge in [0.15, 0.2) is 0 Å². The maximum Gasteiger partial charge on any atom is 0.313 e. The van der Waals surface area contributed by atoms with Crippen LogP contribution in [-0.2, 0) is 71.5 Å². The molecule has 3 N–H and O–H groups in total. The van der Waals surface area contributed by atoms with Crippen molar-refractivity contribution in [1.82, 2.24) is 0 Å². The standard InChI is InChI=1S/C17H32O3.2C14H20O4.C13H26O3.2C10H14O.C6H12O2/c1-5-15(20-16(18)17(3,4)6-2)19-13-12-14-10-8-7-9-11-14;2*1-4-14(2,3)13(16)18-10-7-5-8-9(6-7)12(15)17-11(8)10;1-8-13(5,6)11(14)16-10(15-7)9-12(2,3)4;2*1-3-8(2)9-4-6-10(11)7-5-9;1-4-6(2,3)5(7)8/h14-15H,5-13H2,1-4H3;2*7-11H,4-6H2,1-3H3;10H,8-9H2,1-7H3;2*4-8,11H,3H2,1-2H3;4H2,1-3H3,(H,7,8). The number of hydrogen-bond acceptors (Lipinski definition) is 17. The number of aliphatic carboxylic acids is 1. The zero-order valence-electron chi connectivity index (χ0n) is 67.4. The van der Waals surface area contributed by atoms with Crippen LogP contribution in [0, 0.1) is 73.9 Å². The Morgan fingerprint density at radius 1 is 0.490 bits per heavy atom. The third-order valence-electron chi connectivity index (χ3n) is 23.1. The van der Waals surface area contributed by atoms with Crippen LogP contribution in [-0.4, -0.2) is 108 Å². The molecule has 4 bridgehead atoms. The summed E-state index contributed by atoms with van der Waals surface area (Å²) < 4.78 is 43.9. The molecule has 2 aromatic rings. The molecule has 14 unspecified atom stereocenters. The summed E-state index contributed by atoms with van der Waals surface area (Å²) in [6.07, 6.45) is 17.4. The van der Waals surface area contributed by atoms with Gasteiger partial charge < -0.3 is 53.2 Å². The maximum absolute atomic E-state index is 12.1. The minimum Gasteiger partial charge on any atom is -0.508 e. The molecule has 2 saturated heterocycles. The molecule has 9 rings (SSSR count). The molecule has 2 aromatic carbocycles. The van der Waals surface area contributed by atoms with Crippen molar-refractivity contribution in [3.05, 3.63) is 59.7 Å². The highest BCUT2D eigenvalue weighted by Gasteiger charge is 2.65. The monoisotopic (exact) mass is 1430 g/mol. The number of carboxylic acid groups (broad SMARTS) is 1. The molecule has 5 saturated carbocycles. The Bertz CT molecular complexity index is 2770. The molecule has 0 spiro atoms. The molecule has 18 nitrogen and oxygen atoms in total. The average Bonchev–Trinajstić information content (AvgIpc) is 1.58. The number of phenols is 2. The number of fused-ring (bicyclic) bond motifs is 2. The molecule has 7 aliphatic rings. The quantitative estimate of drug-likeness (QED) is 0.0474. The molecule has 0 aromatic heterocycles. The fourth-order valence-electron chi connectivity index (χ4n) is 12.8. The summed E-state index contributed by atoms with van der Waals surface area (Å²) in [6.45, 7) is 46.1. The molecule has 582 valence electrons. The highest BCUT2D eigenvalue weighted by atomic mass is 16.7. The van der Waals surface area contributed by atoms with Crippen LogP contribution in [0.5, 0.6) is 11.5 Å². The van der Waals surface area contributed by atoms with Crippen molar-refractivity contribution in [2.75, 3.05) is 13.7 Å². The predicted molar refractivity (Wildman–Crippen MR) is 399 cm³/mol. The van der Waals surface area contributed by atoms with Crippen molar-refractivity contribution in [2.24, 2.45) is 73.9 Å². The van der Waals surface area contributed by atoms with E-state index < -0.39 is 39.3 Å². The Labute approximate surface area is 614 Å². The van der Waals surface area contributed by atoms with Gasteiger partial charge in [0.1, 0.15) is 35.9 Å². The van der Waals surface area contributed by atoms with E-state index in [1.807, 2.05) is 121 Å². The first-order valence-electron chi connectivity index (χ1n) is 38.7. The van der Waals surface area contributed by atoms with Gasteiger partial charge in [-0.15, -0.1) is 0 Å². The summed E-state index contributed by atoms with van der Waals surface area (Å²) in [6, 6.07) is 14.9. The van der Waals surface area contributed by atoms with Gasteiger partial charge >= 0.3 is 41.8 Å². The fraction of sp³-hybridized carbons (Fsp3) is 0.774. The third kappa shape index (κ3) is 27.0. The maximum atomic E-state index is 12.1. The minimum absolute atomic E-state index is 0.0779. The lowest BCUT2D eigenvalue weighted by molar-refractivity contribution is -0.190. The molecule has 0 radical (unpaired) electrons. The zero-order valence-corrected chi connectivity index (χ0v) is 67.4. The Hall–Kier alpha value is -5.75. The number of rotatable bonds is 25.